The van der Waals surface area contributed by atoms with Gasteiger partial charge in [0.25, 0.3) is 0 Å². The molecule has 0 bridgehead atoms. The van der Waals surface area contributed by atoms with Crippen LogP contribution in [0, 0.1) is 0 Å². The highest BCUT2D eigenvalue weighted by Crippen LogP contribution is 2.42. The van der Waals surface area contributed by atoms with Crippen molar-refractivity contribution in [3.05, 3.63) is 82.7 Å². The zero-order valence-electron chi connectivity index (χ0n) is 17.5. The van der Waals surface area contributed by atoms with E-state index in [-0.39, 0.29) is 23.8 Å². The number of likely N-dealkylation sites (tertiary alicyclic amines) is 1. The van der Waals surface area contributed by atoms with Gasteiger partial charge in [-0.1, -0.05) is 42.5 Å². The van der Waals surface area contributed by atoms with Crippen LogP contribution in [0.4, 0.5) is 0 Å². The van der Waals surface area contributed by atoms with E-state index in [1.54, 1.807) is 42.3 Å². The zero-order chi connectivity index (χ0) is 22.0. The molecule has 1 saturated heterocycles. The Hall–Kier alpha value is -2.96. The number of nitrogens with zero attached hydrogens (tertiary/aromatic N) is 1. The predicted octanol–water partition coefficient (Wildman–Crippen LogP) is 4.64. The molecule has 4 rings (SSSR count). The number of thiophene rings is 1. The topological polar surface area (TPSA) is 66.8 Å². The summed E-state index contributed by atoms with van der Waals surface area (Å²) in [6.07, 6.45) is -0.470. The molecule has 1 amide bonds. The van der Waals surface area contributed by atoms with E-state index in [1.165, 1.54) is 0 Å². The first-order valence-corrected chi connectivity index (χ1v) is 11.2. The number of ether oxygens (including phenoxy) is 1. The van der Waals surface area contributed by atoms with Crippen LogP contribution >= 0.6 is 11.3 Å². The lowest BCUT2D eigenvalue weighted by Gasteiger charge is -2.29. The number of carbonyl (C=O) groups is 2. The van der Waals surface area contributed by atoms with Crippen LogP contribution in [0.3, 0.4) is 0 Å². The summed E-state index contributed by atoms with van der Waals surface area (Å²) in [5, 5.41) is 11.3. The summed E-state index contributed by atoms with van der Waals surface area (Å²) in [6, 6.07) is 20.8. The molecule has 0 aliphatic carbocycles. The largest absolute Gasteiger partial charge is 0.462 e. The number of likely N-dealkylation sites (N-methyl/N-ethyl adjacent to an activating group) is 1. The molecule has 160 valence electrons. The molecule has 0 spiro atoms. The van der Waals surface area contributed by atoms with Gasteiger partial charge in [0.05, 0.1) is 18.2 Å². The van der Waals surface area contributed by atoms with Crippen molar-refractivity contribution < 1.29 is 19.4 Å². The third-order valence-electron chi connectivity index (χ3n) is 5.80. The quantitative estimate of drug-likeness (QED) is 0.573. The van der Waals surface area contributed by atoms with E-state index in [2.05, 4.69) is 0 Å². The average Bonchev–Trinajstić information content (AvgIpc) is 3.40. The van der Waals surface area contributed by atoms with Crippen LogP contribution < -0.4 is 0 Å². The standard InChI is InChI=1S/C25H25NO4S/c1-3-30-25(29)18-11-9-16(10-12-18)19-15-22(27)26(2)23(19)24(28)21-14-13-20(31-21)17-7-5-4-6-8-17/h4-14,19,23-24,28H,3,15H2,1-2H3/t19-,23-,24-/m1/s1. The third-order valence-corrected chi connectivity index (χ3v) is 7.00. The number of hydrogen-bond acceptors (Lipinski definition) is 5. The minimum Gasteiger partial charge on any atom is -0.462 e. The summed E-state index contributed by atoms with van der Waals surface area (Å²) in [4.78, 5) is 28.0. The first-order chi connectivity index (χ1) is 15.0. The van der Waals surface area contributed by atoms with Crippen molar-refractivity contribution in [3.8, 4) is 10.4 Å². The van der Waals surface area contributed by atoms with Gasteiger partial charge in [-0.25, -0.2) is 4.79 Å². The molecule has 2 heterocycles. The second kappa shape index (κ2) is 9.04. The fourth-order valence-corrected chi connectivity index (χ4v) is 5.19. The highest BCUT2D eigenvalue weighted by atomic mass is 32.1. The monoisotopic (exact) mass is 435 g/mol. The van der Waals surface area contributed by atoms with E-state index in [0.717, 1.165) is 20.9 Å². The molecule has 1 aliphatic rings. The Bertz CT molecular complexity index is 1060. The maximum Gasteiger partial charge on any atom is 0.338 e. The van der Waals surface area contributed by atoms with Crippen molar-refractivity contribution in [3.63, 3.8) is 0 Å². The number of aliphatic hydroxyl groups is 1. The van der Waals surface area contributed by atoms with Gasteiger partial charge in [-0.3, -0.25) is 4.79 Å². The Morgan fingerprint density at radius 1 is 1.13 bits per heavy atom. The number of amides is 1. The van der Waals surface area contributed by atoms with Gasteiger partial charge in [0.2, 0.25) is 5.91 Å². The Morgan fingerprint density at radius 2 is 1.84 bits per heavy atom. The lowest BCUT2D eigenvalue weighted by Crippen LogP contribution is -2.36. The molecular formula is C25H25NO4S. The van der Waals surface area contributed by atoms with Crippen LogP contribution in [0.25, 0.3) is 10.4 Å². The van der Waals surface area contributed by atoms with E-state index in [9.17, 15) is 14.7 Å². The number of carbonyl (C=O) groups excluding carboxylic acids is 2. The fraction of sp³-hybridized carbons (Fsp3) is 0.280. The Kier molecular flexibility index (Phi) is 6.20. The minimum absolute atomic E-state index is 0.00311. The van der Waals surface area contributed by atoms with E-state index >= 15 is 0 Å². The molecular weight excluding hydrogens is 410 g/mol. The third kappa shape index (κ3) is 4.27. The van der Waals surface area contributed by atoms with Crippen molar-refractivity contribution in [2.24, 2.45) is 0 Å². The van der Waals surface area contributed by atoms with E-state index in [4.69, 9.17) is 4.74 Å². The van der Waals surface area contributed by atoms with Crippen LogP contribution in [0.15, 0.2) is 66.7 Å². The second-order valence-electron chi connectivity index (χ2n) is 7.66. The van der Waals surface area contributed by atoms with Gasteiger partial charge in [0.1, 0.15) is 6.10 Å². The molecule has 31 heavy (non-hydrogen) atoms. The SMILES string of the molecule is CCOC(=O)c1ccc([C@H]2CC(=O)N(C)[C@H]2[C@H](O)c2ccc(-c3ccccc3)s2)cc1. The molecule has 1 fully saturated rings. The minimum atomic E-state index is -0.798. The first kappa shape index (κ1) is 21.3. The fourth-order valence-electron chi connectivity index (χ4n) is 4.15. The lowest BCUT2D eigenvalue weighted by atomic mass is 9.87. The second-order valence-corrected chi connectivity index (χ2v) is 8.78. The lowest BCUT2D eigenvalue weighted by molar-refractivity contribution is -0.128. The molecule has 0 radical (unpaired) electrons. The Balaban J connectivity index is 1.59. The molecule has 2 aromatic carbocycles. The Labute approximate surface area is 185 Å². The number of aliphatic hydroxyl groups excluding tert-OH is 1. The molecule has 1 aliphatic heterocycles. The van der Waals surface area contributed by atoms with Crippen molar-refractivity contribution in [1.29, 1.82) is 0 Å². The van der Waals surface area contributed by atoms with Crippen LogP contribution in [0.2, 0.25) is 0 Å². The van der Waals surface area contributed by atoms with Crippen molar-refractivity contribution >= 4 is 23.2 Å². The average molecular weight is 436 g/mol. The van der Waals surface area contributed by atoms with Gasteiger partial charge in [-0.05, 0) is 42.3 Å². The Morgan fingerprint density at radius 3 is 2.52 bits per heavy atom. The van der Waals surface area contributed by atoms with Gasteiger partial charge < -0.3 is 14.7 Å². The van der Waals surface area contributed by atoms with E-state index in [0.29, 0.717) is 18.6 Å². The number of esters is 1. The van der Waals surface area contributed by atoms with Gasteiger partial charge in [-0.2, -0.15) is 0 Å². The van der Waals surface area contributed by atoms with Crippen molar-refractivity contribution in [2.75, 3.05) is 13.7 Å². The first-order valence-electron chi connectivity index (χ1n) is 10.4. The van der Waals surface area contributed by atoms with E-state index < -0.39 is 6.10 Å². The molecule has 6 heteroatoms. The van der Waals surface area contributed by atoms with Crippen molar-refractivity contribution in [2.45, 2.75) is 31.4 Å². The zero-order valence-corrected chi connectivity index (χ0v) is 18.3. The van der Waals surface area contributed by atoms with Crippen LogP contribution in [-0.4, -0.2) is 41.6 Å². The number of benzene rings is 2. The smallest absolute Gasteiger partial charge is 0.338 e. The summed E-state index contributed by atoms with van der Waals surface area (Å²) in [6.45, 7) is 2.09. The number of hydrogen-bond donors (Lipinski definition) is 1. The highest BCUT2D eigenvalue weighted by Gasteiger charge is 2.43. The summed E-state index contributed by atoms with van der Waals surface area (Å²) in [5.41, 5.74) is 2.51. The molecule has 5 nitrogen and oxygen atoms in total. The van der Waals surface area contributed by atoms with E-state index in [1.807, 2.05) is 54.6 Å². The highest BCUT2D eigenvalue weighted by molar-refractivity contribution is 7.15. The molecule has 0 saturated carbocycles. The van der Waals surface area contributed by atoms with Crippen LogP contribution in [-0.2, 0) is 9.53 Å². The summed E-state index contributed by atoms with van der Waals surface area (Å²) >= 11 is 1.54. The summed E-state index contributed by atoms with van der Waals surface area (Å²) in [5.74, 6) is -0.522. The van der Waals surface area contributed by atoms with Crippen molar-refractivity contribution in [1.82, 2.24) is 4.90 Å². The van der Waals surface area contributed by atoms with Gasteiger partial charge in [0.15, 0.2) is 0 Å². The van der Waals surface area contributed by atoms with Crippen LogP contribution in [0.1, 0.15) is 46.2 Å². The summed E-state index contributed by atoms with van der Waals surface area (Å²) < 4.78 is 5.04. The molecule has 1 N–H and O–H groups in total. The summed E-state index contributed by atoms with van der Waals surface area (Å²) in [7, 11) is 1.74. The van der Waals surface area contributed by atoms with Gasteiger partial charge in [-0.15, -0.1) is 11.3 Å². The van der Waals surface area contributed by atoms with Gasteiger partial charge >= 0.3 is 5.97 Å². The molecule has 1 aromatic heterocycles. The number of rotatable bonds is 6. The molecule has 3 atom stereocenters. The maximum absolute atomic E-state index is 12.5. The molecule has 0 unspecified atom stereocenters. The van der Waals surface area contributed by atoms with Crippen LogP contribution in [0.5, 0.6) is 0 Å². The maximum atomic E-state index is 12.5. The normalized spacial score (nSPS) is 19.5. The van der Waals surface area contributed by atoms with Gasteiger partial charge in [0, 0.05) is 29.1 Å². The molecule has 3 aromatic rings. The predicted molar refractivity (Wildman–Crippen MR) is 121 cm³/mol.